The minimum atomic E-state index is -3.50. The molecule has 2 amide bonds. The van der Waals surface area contributed by atoms with Crippen LogP contribution in [-0.2, 0) is 19.6 Å². The Balaban J connectivity index is 2.48. The molecule has 2 rings (SSSR count). The summed E-state index contributed by atoms with van der Waals surface area (Å²) < 4.78 is 37.9. The minimum absolute atomic E-state index is 0.0202. The predicted octanol–water partition coefficient (Wildman–Crippen LogP) is 1.80. The van der Waals surface area contributed by atoms with E-state index < -0.39 is 10.0 Å². The Hall–Kier alpha value is -2.33. The quantitative estimate of drug-likeness (QED) is 0.742. The van der Waals surface area contributed by atoms with Crippen molar-refractivity contribution in [3.05, 3.63) is 23.8 Å². The summed E-state index contributed by atoms with van der Waals surface area (Å²) in [6.07, 6.45) is -0.284. The van der Waals surface area contributed by atoms with Crippen molar-refractivity contribution in [1.82, 2.24) is 9.80 Å². The lowest BCUT2D eigenvalue weighted by molar-refractivity contribution is -0.133. The van der Waals surface area contributed by atoms with Gasteiger partial charge in [-0.2, -0.15) is 0 Å². The number of benzene rings is 1. The molecule has 0 aromatic heterocycles. The summed E-state index contributed by atoms with van der Waals surface area (Å²) in [6.45, 7) is 7.89. The number of fused-ring (bicyclic) bond motifs is 1. The number of rotatable bonds is 4. The zero-order valence-corrected chi connectivity index (χ0v) is 19.9. The Labute approximate surface area is 184 Å². The molecule has 1 aromatic rings. The molecule has 0 spiro atoms. The average molecular weight is 456 g/mol. The van der Waals surface area contributed by atoms with Gasteiger partial charge in [0.2, 0.25) is 15.9 Å². The van der Waals surface area contributed by atoms with Crippen molar-refractivity contribution in [1.29, 1.82) is 0 Å². The van der Waals surface area contributed by atoms with E-state index in [0.29, 0.717) is 18.8 Å². The normalized spacial score (nSPS) is 23.3. The van der Waals surface area contributed by atoms with Gasteiger partial charge in [0.15, 0.2) is 0 Å². The highest BCUT2D eigenvalue weighted by molar-refractivity contribution is 7.92. The summed E-state index contributed by atoms with van der Waals surface area (Å²) in [4.78, 5) is 28.7. The first kappa shape index (κ1) is 24.9. The van der Waals surface area contributed by atoms with Gasteiger partial charge in [-0.15, -0.1) is 0 Å². The molecule has 10 heteroatoms. The summed E-state index contributed by atoms with van der Waals surface area (Å²) in [7, 11) is -0.253. The number of hydrogen-bond donors (Lipinski definition) is 1. The van der Waals surface area contributed by atoms with Crippen molar-refractivity contribution >= 4 is 27.5 Å². The van der Waals surface area contributed by atoms with Crippen molar-refractivity contribution < 1.29 is 27.5 Å². The molecular weight excluding hydrogens is 422 g/mol. The minimum Gasteiger partial charge on any atom is -0.491 e. The Morgan fingerprint density at radius 2 is 1.97 bits per heavy atom. The molecule has 1 aromatic carbocycles. The second kappa shape index (κ2) is 10.3. The number of hydrogen-bond acceptors (Lipinski definition) is 6. The van der Waals surface area contributed by atoms with Crippen LogP contribution in [0.5, 0.6) is 5.75 Å². The first-order chi connectivity index (χ1) is 14.5. The van der Waals surface area contributed by atoms with E-state index >= 15 is 0 Å². The molecule has 1 aliphatic rings. The highest BCUT2D eigenvalue weighted by Gasteiger charge is 2.29. The monoisotopic (exact) mass is 455 g/mol. The zero-order valence-electron chi connectivity index (χ0n) is 19.0. The maximum absolute atomic E-state index is 13.2. The molecule has 1 aliphatic heterocycles. The summed E-state index contributed by atoms with van der Waals surface area (Å²) >= 11 is 0. The predicted molar refractivity (Wildman–Crippen MR) is 119 cm³/mol. The lowest BCUT2D eigenvalue weighted by Crippen LogP contribution is -2.48. The van der Waals surface area contributed by atoms with Crippen LogP contribution >= 0.6 is 0 Å². The van der Waals surface area contributed by atoms with Gasteiger partial charge in [0, 0.05) is 45.8 Å². The first-order valence-electron chi connectivity index (χ1n) is 10.3. The van der Waals surface area contributed by atoms with Crippen molar-refractivity contribution in [3.8, 4) is 5.75 Å². The van der Waals surface area contributed by atoms with E-state index in [9.17, 15) is 18.0 Å². The molecule has 0 saturated heterocycles. The molecular formula is C21H33N3O6S. The molecule has 31 heavy (non-hydrogen) atoms. The SMILES string of the molecule is CCS(=O)(=O)Nc1ccc2c(c1)C(=O)N(C)C[C@H](OC)[C@@H](C)CN(C(C)=O)[C@H](C)CO2. The van der Waals surface area contributed by atoms with Crippen LogP contribution in [0.1, 0.15) is 38.1 Å². The van der Waals surface area contributed by atoms with E-state index in [1.165, 1.54) is 24.8 Å². The third kappa shape index (κ3) is 6.33. The molecule has 1 heterocycles. The number of likely N-dealkylation sites (N-methyl/N-ethyl adjacent to an activating group) is 1. The maximum Gasteiger partial charge on any atom is 0.257 e. The van der Waals surface area contributed by atoms with Gasteiger partial charge in [-0.1, -0.05) is 6.92 Å². The van der Waals surface area contributed by atoms with Crippen LogP contribution in [0.2, 0.25) is 0 Å². The van der Waals surface area contributed by atoms with Crippen LogP contribution in [0.3, 0.4) is 0 Å². The van der Waals surface area contributed by atoms with E-state index in [1.54, 1.807) is 31.2 Å². The van der Waals surface area contributed by atoms with Crippen molar-refractivity contribution in [3.63, 3.8) is 0 Å². The number of nitrogens with one attached hydrogen (secondary N) is 1. The molecule has 9 nitrogen and oxygen atoms in total. The molecule has 1 N–H and O–H groups in total. The molecule has 0 unspecified atom stereocenters. The van der Waals surface area contributed by atoms with Gasteiger partial charge in [-0.25, -0.2) is 8.42 Å². The first-order valence-corrected chi connectivity index (χ1v) is 12.0. The average Bonchev–Trinajstić information content (AvgIpc) is 2.72. The van der Waals surface area contributed by atoms with Crippen molar-refractivity contribution in [2.75, 3.05) is 44.3 Å². The largest absolute Gasteiger partial charge is 0.491 e. The van der Waals surface area contributed by atoms with Crippen LogP contribution in [-0.4, -0.2) is 81.8 Å². The Bertz CT molecular complexity index is 904. The van der Waals surface area contributed by atoms with Gasteiger partial charge in [0.1, 0.15) is 12.4 Å². The third-order valence-corrected chi connectivity index (χ3v) is 6.81. The topological polar surface area (TPSA) is 105 Å². The van der Waals surface area contributed by atoms with Gasteiger partial charge in [-0.05, 0) is 32.0 Å². The number of ether oxygens (including phenoxy) is 2. The zero-order chi connectivity index (χ0) is 23.3. The Morgan fingerprint density at radius 1 is 1.29 bits per heavy atom. The van der Waals surface area contributed by atoms with E-state index in [1.807, 2.05) is 13.8 Å². The van der Waals surface area contributed by atoms with E-state index in [4.69, 9.17) is 9.47 Å². The number of sulfonamides is 1. The molecule has 3 atom stereocenters. The lowest BCUT2D eigenvalue weighted by Gasteiger charge is -2.35. The number of anilines is 1. The molecule has 0 fully saturated rings. The van der Waals surface area contributed by atoms with Gasteiger partial charge >= 0.3 is 0 Å². The van der Waals surface area contributed by atoms with Crippen LogP contribution in [0.15, 0.2) is 18.2 Å². The third-order valence-electron chi connectivity index (χ3n) is 5.50. The molecule has 0 bridgehead atoms. The summed E-state index contributed by atoms with van der Waals surface area (Å²) in [5, 5.41) is 0. The summed E-state index contributed by atoms with van der Waals surface area (Å²) in [6, 6.07) is 4.38. The molecule has 0 radical (unpaired) electrons. The summed E-state index contributed by atoms with van der Waals surface area (Å²) in [5.41, 5.74) is 0.525. The number of carbonyl (C=O) groups is 2. The maximum atomic E-state index is 13.2. The fraction of sp³-hybridized carbons (Fsp3) is 0.619. The second-order valence-corrected chi connectivity index (χ2v) is 10.00. The van der Waals surface area contributed by atoms with Gasteiger partial charge in [0.25, 0.3) is 5.91 Å². The van der Waals surface area contributed by atoms with Crippen LogP contribution < -0.4 is 9.46 Å². The highest BCUT2D eigenvalue weighted by Crippen LogP contribution is 2.27. The van der Waals surface area contributed by atoms with Gasteiger partial charge in [-0.3, -0.25) is 14.3 Å². The smallest absolute Gasteiger partial charge is 0.257 e. The fourth-order valence-electron chi connectivity index (χ4n) is 3.53. The van der Waals surface area contributed by atoms with Gasteiger partial charge < -0.3 is 19.3 Å². The standard InChI is InChI=1S/C21H33N3O6S/c1-7-31(27,28)22-17-8-9-19-18(10-17)21(26)23(5)12-20(29-6)14(2)11-24(16(4)25)15(3)13-30-19/h8-10,14-15,20,22H,7,11-13H2,1-6H3/t14-,15+,20-/m0/s1. The van der Waals surface area contributed by atoms with E-state index in [2.05, 4.69) is 4.72 Å². The van der Waals surface area contributed by atoms with Gasteiger partial charge in [0.05, 0.1) is 23.5 Å². The Morgan fingerprint density at radius 3 is 2.55 bits per heavy atom. The van der Waals surface area contributed by atoms with Crippen molar-refractivity contribution in [2.24, 2.45) is 5.92 Å². The number of methoxy groups -OCH3 is 1. The van der Waals surface area contributed by atoms with E-state index in [0.717, 1.165) is 0 Å². The number of amides is 2. The number of nitrogens with zero attached hydrogens (tertiary/aromatic N) is 2. The highest BCUT2D eigenvalue weighted by atomic mass is 32.2. The Kier molecular flexibility index (Phi) is 8.30. The lowest BCUT2D eigenvalue weighted by atomic mass is 10.0. The molecule has 0 aliphatic carbocycles. The second-order valence-electron chi connectivity index (χ2n) is 7.98. The summed E-state index contributed by atoms with van der Waals surface area (Å²) in [5.74, 6) is -0.148. The van der Waals surface area contributed by atoms with E-state index in [-0.39, 0.29) is 53.5 Å². The molecule has 0 saturated carbocycles. The fourth-order valence-corrected chi connectivity index (χ4v) is 4.16. The van der Waals surface area contributed by atoms with Crippen molar-refractivity contribution in [2.45, 2.75) is 39.8 Å². The van der Waals surface area contributed by atoms with Crippen LogP contribution in [0.25, 0.3) is 0 Å². The van der Waals surface area contributed by atoms with Crippen LogP contribution in [0, 0.1) is 5.92 Å². The molecule has 174 valence electrons. The number of carbonyl (C=O) groups excluding carboxylic acids is 2. The van der Waals surface area contributed by atoms with Crippen LogP contribution in [0.4, 0.5) is 5.69 Å².